The summed E-state index contributed by atoms with van der Waals surface area (Å²) in [6.45, 7) is 7.52. The first-order chi connectivity index (χ1) is 14.8. The van der Waals surface area contributed by atoms with Gasteiger partial charge in [-0.2, -0.15) is 0 Å². The predicted molar refractivity (Wildman–Crippen MR) is 117 cm³/mol. The number of hydrogen-bond donors (Lipinski definition) is 1. The molecule has 0 bridgehead atoms. The van der Waals surface area contributed by atoms with Crippen LogP contribution in [0.15, 0.2) is 54.6 Å². The number of ether oxygens (including phenoxy) is 1. The molecule has 2 aromatic heterocycles. The topological polar surface area (TPSA) is 53.0 Å². The van der Waals surface area contributed by atoms with Crippen molar-refractivity contribution in [2.75, 3.05) is 32.8 Å². The molecule has 3 heterocycles. The standard InChI is InChI=1S/C24H26N4O2/c1-2-21(29)23-22(18-8-4-3-5-9-18)25-24-27(13-12-26-14-16-30-17-15-26)19-10-6-7-11-20(19)28(23)24/h3-11H,2,12-17H2,1H3/p+1. The van der Waals surface area contributed by atoms with Gasteiger partial charge in [0.1, 0.15) is 24.5 Å². The summed E-state index contributed by atoms with van der Waals surface area (Å²) < 4.78 is 9.84. The van der Waals surface area contributed by atoms with Crippen LogP contribution in [0.3, 0.4) is 0 Å². The number of para-hydroxylation sites is 2. The number of carbonyl (C=O) groups excluding carboxylic acids is 1. The Kier molecular flexibility index (Phi) is 5.11. The lowest BCUT2D eigenvalue weighted by atomic mass is 10.1. The van der Waals surface area contributed by atoms with Crippen molar-refractivity contribution in [2.45, 2.75) is 19.9 Å². The molecule has 6 heteroatoms. The van der Waals surface area contributed by atoms with Gasteiger partial charge in [-0.15, -0.1) is 0 Å². The molecule has 0 atom stereocenters. The SMILES string of the molecule is CCC(=O)c1c(-c2ccccc2)nc2n(CC[NH+]3CCOCC3)c3ccccc3n12. The molecular weight excluding hydrogens is 376 g/mol. The van der Waals surface area contributed by atoms with E-state index in [0.29, 0.717) is 12.1 Å². The Labute approximate surface area is 175 Å². The Morgan fingerprint density at radius 3 is 2.47 bits per heavy atom. The van der Waals surface area contributed by atoms with Crippen molar-refractivity contribution in [1.29, 1.82) is 0 Å². The lowest BCUT2D eigenvalue weighted by Gasteiger charge is -2.23. The zero-order valence-corrected chi connectivity index (χ0v) is 17.3. The third-order valence-corrected chi connectivity index (χ3v) is 6.04. The lowest BCUT2D eigenvalue weighted by molar-refractivity contribution is -0.908. The van der Waals surface area contributed by atoms with Gasteiger partial charge in [0.25, 0.3) is 0 Å². The maximum atomic E-state index is 13.1. The summed E-state index contributed by atoms with van der Waals surface area (Å²) in [6.07, 6.45) is 0.449. The maximum absolute atomic E-state index is 13.1. The van der Waals surface area contributed by atoms with Crippen LogP contribution >= 0.6 is 0 Å². The number of Topliss-reactive ketones (excluding diaryl/α,β-unsaturated/α-hetero) is 1. The molecule has 0 unspecified atom stereocenters. The van der Waals surface area contributed by atoms with Gasteiger partial charge in [-0.25, -0.2) is 4.98 Å². The Morgan fingerprint density at radius 2 is 1.73 bits per heavy atom. The molecule has 1 saturated heterocycles. The van der Waals surface area contributed by atoms with Crippen LogP contribution in [0.2, 0.25) is 0 Å². The predicted octanol–water partition coefficient (Wildman–Crippen LogP) is 2.46. The van der Waals surface area contributed by atoms with Gasteiger partial charge in [0, 0.05) is 12.0 Å². The monoisotopic (exact) mass is 403 g/mol. The van der Waals surface area contributed by atoms with E-state index in [1.807, 2.05) is 43.3 Å². The van der Waals surface area contributed by atoms with Gasteiger partial charge in [0.15, 0.2) is 5.78 Å². The van der Waals surface area contributed by atoms with Crippen molar-refractivity contribution >= 4 is 22.6 Å². The number of carbonyl (C=O) groups is 1. The quantitative estimate of drug-likeness (QED) is 0.503. The first-order valence-corrected chi connectivity index (χ1v) is 10.8. The van der Waals surface area contributed by atoms with Gasteiger partial charge in [-0.1, -0.05) is 49.4 Å². The zero-order chi connectivity index (χ0) is 20.5. The van der Waals surface area contributed by atoms with Crippen LogP contribution in [0.25, 0.3) is 28.1 Å². The molecule has 1 fully saturated rings. The highest BCUT2D eigenvalue weighted by molar-refractivity contribution is 6.03. The Bertz CT molecular complexity index is 1190. The molecule has 154 valence electrons. The van der Waals surface area contributed by atoms with E-state index in [1.54, 1.807) is 4.90 Å². The molecule has 0 saturated carbocycles. The van der Waals surface area contributed by atoms with Crippen LogP contribution in [0, 0.1) is 0 Å². The Morgan fingerprint density at radius 1 is 1.03 bits per heavy atom. The van der Waals surface area contributed by atoms with Gasteiger partial charge < -0.3 is 14.2 Å². The van der Waals surface area contributed by atoms with Crippen LogP contribution in [0.4, 0.5) is 0 Å². The number of nitrogens with zero attached hydrogens (tertiary/aromatic N) is 3. The highest BCUT2D eigenvalue weighted by Crippen LogP contribution is 2.30. The number of morpholine rings is 1. The molecule has 0 amide bonds. The second kappa shape index (κ2) is 8.05. The summed E-state index contributed by atoms with van der Waals surface area (Å²) in [5, 5.41) is 0. The third-order valence-electron chi connectivity index (χ3n) is 6.04. The Balaban J connectivity index is 1.69. The van der Waals surface area contributed by atoms with E-state index < -0.39 is 0 Å². The Hall–Kier alpha value is -2.96. The van der Waals surface area contributed by atoms with Gasteiger partial charge >= 0.3 is 0 Å². The van der Waals surface area contributed by atoms with E-state index in [4.69, 9.17) is 9.72 Å². The molecule has 1 aliphatic rings. The van der Waals surface area contributed by atoms with Crippen molar-refractivity contribution in [2.24, 2.45) is 0 Å². The largest absolute Gasteiger partial charge is 0.370 e. The number of hydrogen-bond acceptors (Lipinski definition) is 3. The average Bonchev–Trinajstić information content (AvgIpc) is 3.34. The van der Waals surface area contributed by atoms with Crippen molar-refractivity contribution in [1.82, 2.24) is 14.0 Å². The summed E-state index contributed by atoms with van der Waals surface area (Å²) in [7, 11) is 0. The lowest BCUT2D eigenvalue weighted by Crippen LogP contribution is -3.14. The second-order valence-electron chi connectivity index (χ2n) is 7.84. The molecule has 2 aromatic carbocycles. The van der Waals surface area contributed by atoms with E-state index in [-0.39, 0.29) is 5.78 Å². The van der Waals surface area contributed by atoms with E-state index in [0.717, 1.165) is 67.5 Å². The fraction of sp³-hybridized carbons (Fsp3) is 0.333. The van der Waals surface area contributed by atoms with Gasteiger partial charge in [-0.05, 0) is 12.1 Å². The fourth-order valence-electron chi connectivity index (χ4n) is 4.43. The number of ketones is 1. The summed E-state index contributed by atoms with van der Waals surface area (Å²) >= 11 is 0. The van der Waals surface area contributed by atoms with Gasteiger partial charge in [-0.3, -0.25) is 9.20 Å². The minimum Gasteiger partial charge on any atom is -0.370 e. The van der Waals surface area contributed by atoms with Crippen LogP contribution in [0.1, 0.15) is 23.8 Å². The van der Waals surface area contributed by atoms with Crippen LogP contribution in [0.5, 0.6) is 0 Å². The number of nitrogens with one attached hydrogen (secondary N) is 1. The molecular formula is C24H27N4O2+. The minimum absolute atomic E-state index is 0.114. The zero-order valence-electron chi connectivity index (χ0n) is 17.3. The maximum Gasteiger partial charge on any atom is 0.216 e. The van der Waals surface area contributed by atoms with Crippen molar-refractivity contribution in [3.63, 3.8) is 0 Å². The number of benzene rings is 2. The van der Waals surface area contributed by atoms with Crippen molar-refractivity contribution in [3.05, 3.63) is 60.3 Å². The second-order valence-corrected chi connectivity index (χ2v) is 7.84. The summed E-state index contributed by atoms with van der Waals surface area (Å²) in [5.41, 5.74) is 4.60. The highest BCUT2D eigenvalue weighted by Gasteiger charge is 2.25. The molecule has 1 N–H and O–H groups in total. The van der Waals surface area contributed by atoms with Crippen LogP contribution in [-0.4, -0.2) is 52.6 Å². The number of aromatic nitrogens is 3. The number of imidazole rings is 2. The number of quaternary nitrogens is 1. The fourth-order valence-corrected chi connectivity index (χ4v) is 4.43. The number of rotatable bonds is 6. The van der Waals surface area contributed by atoms with E-state index >= 15 is 0 Å². The molecule has 30 heavy (non-hydrogen) atoms. The summed E-state index contributed by atoms with van der Waals surface area (Å²) in [6, 6.07) is 18.3. The average molecular weight is 404 g/mol. The molecule has 0 radical (unpaired) electrons. The summed E-state index contributed by atoms with van der Waals surface area (Å²) in [4.78, 5) is 19.6. The molecule has 6 nitrogen and oxygen atoms in total. The summed E-state index contributed by atoms with van der Waals surface area (Å²) in [5.74, 6) is 0.961. The molecule has 5 rings (SSSR count). The van der Waals surface area contributed by atoms with Gasteiger partial charge in [0.05, 0.1) is 37.3 Å². The van der Waals surface area contributed by atoms with Crippen LogP contribution in [-0.2, 0) is 11.3 Å². The highest BCUT2D eigenvalue weighted by atomic mass is 16.5. The van der Waals surface area contributed by atoms with E-state index in [2.05, 4.69) is 27.2 Å². The normalized spacial score (nSPS) is 15.2. The van der Waals surface area contributed by atoms with E-state index in [1.165, 1.54) is 0 Å². The third kappa shape index (κ3) is 3.22. The molecule has 4 aromatic rings. The minimum atomic E-state index is 0.114. The smallest absolute Gasteiger partial charge is 0.216 e. The molecule has 1 aliphatic heterocycles. The van der Waals surface area contributed by atoms with Crippen molar-refractivity contribution < 1.29 is 14.4 Å². The first kappa shape index (κ1) is 19.0. The van der Waals surface area contributed by atoms with Crippen molar-refractivity contribution in [3.8, 4) is 11.3 Å². The number of fused-ring (bicyclic) bond motifs is 3. The van der Waals surface area contributed by atoms with E-state index in [9.17, 15) is 4.79 Å². The van der Waals surface area contributed by atoms with Gasteiger partial charge in [0.2, 0.25) is 5.78 Å². The first-order valence-electron chi connectivity index (χ1n) is 10.8. The molecule has 0 aliphatic carbocycles. The molecule has 0 spiro atoms. The van der Waals surface area contributed by atoms with Crippen LogP contribution < -0.4 is 4.90 Å².